The van der Waals surface area contributed by atoms with Gasteiger partial charge >= 0.3 is 0 Å². The molecule has 0 spiro atoms. The number of carbonyl (C=O) groups excluding carboxylic acids is 2. The standard InChI is InChI=1S/C19H23N3O6S/c1-12(19(24)21-15-8-6-5-7-14(15)18(20)23)22(29(4,25)26)16-11-13(27-2)9-10-17(16)28-3/h5-12H,1-4H3,(H2,20,23)(H,21,24)/t12-/m0/s1. The third-order valence-electron chi connectivity index (χ3n) is 4.16. The molecule has 0 aliphatic carbocycles. The van der Waals surface area contributed by atoms with E-state index in [1.54, 1.807) is 24.3 Å². The molecule has 156 valence electrons. The number of sulfonamides is 1. The zero-order chi connectivity index (χ0) is 21.8. The minimum Gasteiger partial charge on any atom is -0.497 e. The van der Waals surface area contributed by atoms with Gasteiger partial charge in [-0.2, -0.15) is 0 Å². The van der Waals surface area contributed by atoms with Crippen LogP contribution in [0.3, 0.4) is 0 Å². The molecule has 0 saturated heterocycles. The van der Waals surface area contributed by atoms with Crippen LogP contribution in [0.1, 0.15) is 17.3 Å². The minimum absolute atomic E-state index is 0.109. The van der Waals surface area contributed by atoms with E-state index in [2.05, 4.69) is 5.32 Å². The number of nitrogens with one attached hydrogen (secondary N) is 1. The topological polar surface area (TPSA) is 128 Å². The van der Waals surface area contributed by atoms with Gasteiger partial charge in [0.05, 0.1) is 37.4 Å². The van der Waals surface area contributed by atoms with Crippen molar-refractivity contribution in [3.63, 3.8) is 0 Å². The molecule has 29 heavy (non-hydrogen) atoms. The Hall–Kier alpha value is -3.27. The molecule has 0 fully saturated rings. The highest BCUT2D eigenvalue weighted by Crippen LogP contribution is 2.35. The fraction of sp³-hybridized carbons (Fsp3) is 0.263. The predicted molar refractivity (Wildman–Crippen MR) is 110 cm³/mol. The Balaban J connectivity index is 2.47. The number of carbonyl (C=O) groups is 2. The number of nitrogens with zero attached hydrogens (tertiary/aromatic N) is 1. The van der Waals surface area contributed by atoms with Crippen LogP contribution >= 0.6 is 0 Å². The van der Waals surface area contributed by atoms with E-state index in [-0.39, 0.29) is 22.7 Å². The number of rotatable bonds is 8. The van der Waals surface area contributed by atoms with Crippen LogP contribution in [0.2, 0.25) is 0 Å². The zero-order valence-electron chi connectivity index (χ0n) is 16.5. The van der Waals surface area contributed by atoms with Crippen LogP contribution in [-0.4, -0.2) is 46.7 Å². The van der Waals surface area contributed by atoms with E-state index < -0.39 is 27.9 Å². The number of benzene rings is 2. The summed E-state index contributed by atoms with van der Waals surface area (Å²) < 4.78 is 36.5. The van der Waals surface area contributed by atoms with E-state index in [9.17, 15) is 18.0 Å². The van der Waals surface area contributed by atoms with Crippen LogP contribution in [0, 0.1) is 0 Å². The lowest BCUT2D eigenvalue weighted by Crippen LogP contribution is -2.45. The third-order valence-corrected chi connectivity index (χ3v) is 5.39. The summed E-state index contributed by atoms with van der Waals surface area (Å²) in [6.45, 7) is 1.42. The molecule has 0 saturated carbocycles. The first-order valence-corrected chi connectivity index (χ1v) is 10.4. The highest BCUT2D eigenvalue weighted by atomic mass is 32.2. The third kappa shape index (κ3) is 4.96. The van der Waals surface area contributed by atoms with Gasteiger partial charge in [0.15, 0.2) is 0 Å². The number of primary amides is 1. The molecule has 0 aliphatic rings. The average molecular weight is 421 g/mol. The Kier molecular flexibility index (Phi) is 6.70. The van der Waals surface area contributed by atoms with Gasteiger partial charge in [-0.1, -0.05) is 12.1 Å². The molecule has 0 aromatic heterocycles. The molecular weight excluding hydrogens is 398 g/mol. The molecule has 0 unspecified atom stereocenters. The fourth-order valence-corrected chi connectivity index (χ4v) is 3.96. The molecule has 0 radical (unpaired) electrons. The van der Waals surface area contributed by atoms with Gasteiger partial charge in [-0.15, -0.1) is 0 Å². The second kappa shape index (κ2) is 8.82. The van der Waals surface area contributed by atoms with Gasteiger partial charge in [-0.05, 0) is 31.2 Å². The van der Waals surface area contributed by atoms with Crippen LogP contribution in [0.15, 0.2) is 42.5 Å². The molecule has 2 rings (SSSR count). The first-order chi connectivity index (χ1) is 13.6. The summed E-state index contributed by atoms with van der Waals surface area (Å²) in [6.07, 6.45) is 0.979. The predicted octanol–water partition coefficient (Wildman–Crippen LogP) is 1.60. The molecule has 2 aromatic carbocycles. The van der Waals surface area contributed by atoms with Crippen LogP contribution < -0.4 is 24.8 Å². The van der Waals surface area contributed by atoms with E-state index in [0.717, 1.165) is 10.6 Å². The molecule has 0 bridgehead atoms. The van der Waals surface area contributed by atoms with Crippen molar-refractivity contribution in [3.05, 3.63) is 48.0 Å². The largest absolute Gasteiger partial charge is 0.497 e. The Morgan fingerprint density at radius 1 is 1.10 bits per heavy atom. The number of methoxy groups -OCH3 is 2. The van der Waals surface area contributed by atoms with Crippen LogP contribution in [0.4, 0.5) is 11.4 Å². The normalized spacial score (nSPS) is 12.0. The lowest BCUT2D eigenvalue weighted by Gasteiger charge is -2.29. The summed E-state index contributed by atoms with van der Waals surface area (Å²) >= 11 is 0. The number of hydrogen-bond acceptors (Lipinski definition) is 6. The lowest BCUT2D eigenvalue weighted by molar-refractivity contribution is -0.116. The Morgan fingerprint density at radius 2 is 1.76 bits per heavy atom. The highest BCUT2D eigenvalue weighted by molar-refractivity contribution is 7.92. The van der Waals surface area contributed by atoms with Crippen molar-refractivity contribution in [1.29, 1.82) is 0 Å². The monoisotopic (exact) mass is 421 g/mol. The van der Waals surface area contributed by atoms with Crippen LogP contribution in [-0.2, 0) is 14.8 Å². The first kappa shape index (κ1) is 22.0. The smallest absolute Gasteiger partial charge is 0.250 e. The van der Waals surface area contributed by atoms with Gasteiger partial charge < -0.3 is 20.5 Å². The maximum atomic E-state index is 12.9. The van der Waals surface area contributed by atoms with Crippen molar-refractivity contribution in [1.82, 2.24) is 0 Å². The molecule has 1 atom stereocenters. The summed E-state index contributed by atoms with van der Waals surface area (Å²) in [5, 5.41) is 2.56. The molecular formula is C19H23N3O6S. The highest BCUT2D eigenvalue weighted by Gasteiger charge is 2.32. The maximum Gasteiger partial charge on any atom is 0.250 e. The average Bonchev–Trinajstić information content (AvgIpc) is 2.67. The number of para-hydroxylation sites is 1. The van der Waals surface area contributed by atoms with Crippen molar-refractivity contribution in [3.8, 4) is 11.5 Å². The Bertz CT molecular complexity index is 1020. The number of nitrogens with two attached hydrogens (primary N) is 1. The van der Waals surface area contributed by atoms with Gasteiger partial charge in [-0.3, -0.25) is 13.9 Å². The summed E-state index contributed by atoms with van der Waals surface area (Å²) in [7, 11) is -1.07. The summed E-state index contributed by atoms with van der Waals surface area (Å²) in [5.74, 6) is -0.744. The van der Waals surface area contributed by atoms with Gasteiger partial charge in [0.2, 0.25) is 15.9 Å². The number of hydrogen-bond donors (Lipinski definition) is 2. The number of anilines is 2. The quantitative estimate of drug-likeness (QED) is 0.666. The summed E-state index contributed by atoms with van der Waals surface area (Å²) in [5.41, 5.74) is 5.76. The van der Waals surface area contributed by atoms with E-state index in [4.69, 9.17) is 15.2 Å². The summed E-state index contributed by atoms with van der Waals surface area (Å²) in [4.78, 5) is 24.4. The van der Waals surface area contributed by atoms with Crippen molar-refractivity contribution < 1.29 is 27.5 Å². The SMILES string of the molecule is COc1ccc(OC)c(N([C@@H](C)C(=O)Nc2ccccc2C(N)=O)S(C)(=O)=O)c1. The fourth-order valence-electron chi connectivity index (χ4n) is 2.79. The van der Waals surface area contributed by atoms with Crippen molar-refractivity contribution in [2.75, 3.05) is 30.1 Å². The minimum atomic E-state index is -3.89. The van der Waals surface area contributed by atoms with Gasteiger partial charge in [0.1, 0.15) is 17.5 Å². The number of amides is 2. The van der Waals surface area contributed by atoms with E-state index in [1.165, 1.54) is 39.3 Å². The van der Waals surface area contributed by atoms with Crippen molar-refractivity contribution in [2.45, 2.75) is 13.0 Å². The molecule has 9 nitrogen and oxygen atoms in total. The summed E-state index contributed by atoms with van der Waals surface area (Å²) in [6, 6.07) is 9.61. The van der Waals surface area contributed by atoms with Gasteiger partial charge in [0, 0.05) is 6.07 Å². The molecule has 2 aromatic rings. The lowest BCUT2D eigenvalue weighted by atomic mass is 10.1. The first-order valence-electron chi connectivity index (χ1n) is 8.51. The van der Waals surface area contributed by atoms with Gasteiger partial charge in [0.25, 0.3) is 5.91 Å². The molecule has 0 aliphatic heterocycles. The van der Waals surface area contributed by atoms with Crippen LogP contribution in [0.25, 0.3) is 0 Å². The van der Waals surface area contributed by atoms with Gasteiger partial charge in [-0.25, -0.2) is 8.42 Å². The van der Waals surface area contributed by atoms with E-state index in [1.807, 2.05) is 0 Å². The second-order valence-corrected chi connectivity index (χ2v) is 8.03. The Labute approximate surface area is 169 Å². The second-order valence-electron chi connectivity index (χ2n) is 6.17. The maximum absolute atomic E-state index is 12.9. The zero-order valence-corrected chi connectivity index (χ0v) is 17.3. The van der Waals surface area contributed by atoms with Crippen LogP contribution in [0.5, 0.6) is 11.5 Å². The van der Waals surface area contributed by atoms with E-state index >= 15 is 0 Å². The van der Waals surface area contributed by atoms with Crippen molar-refractivity contribution >= 4 is 33.2 Å². The van der Waals surface area contributed by atoms with Crippen molar-refractivity contribution in [2.24, 2.45) is 5.73 Å². The number of ether oxygens (including phenoxy) is 2. The Morgan fingerprint density at radius 3 is 2.31 bits per heavy atom. The molecule has 2 amide bonds. The van der Waals surface area contributed by atoms with E-state index in [0.29, 0.717) is 5.75 Å². The molecule has 10 heteroatoms. The molecule has 3 N–H and O–H groups in total. The molecule has 0 heterocycles.